The summed E-state index contributed by atoms with van der Waals surface area (Å²) in [7, 11) is -2.58. The first kappa shape index (κ1) is 25.8. The van der Waals surface area contributed by atoms with Crippen LogP contribution in [-0.2, 0) is 0 Å². The van der Waals surface area contributed by atoms with Crippen molar-refractivity contribution in [2.45, 2.75) is 26.2 Å². The molecule has 0 amide bonds. The summed E-state index contributed by atoms with van der Waals surface area (Å²) in [5, 5.41) is 7.89. The van der Waals surface area contributed by atoms with E-state index >= 15 is 0 Å². The van der Waals surface area contributed by atoms with Gasteiger partial charge in [0.25, 0.3) is 0 Å². The molecule has 0 fully saturated rings. The Morgan fingerprint density at radius 3 is 1.49 bits per heavy atom. The molecule has 4 rings (SSSR count). The van der Waals surface area contributed by atoms with E-state index in [-0.39, 0.29) is 0 Å². The Kier molecular flexibility index (Phi) is 8.27. The summed E-state index contributed by atoms with van der Waals surface area (Å²) in [4.78, 5) is 0. The normalized spacial score (nSPS) is 13.1. The summed E-state index contributed by atoms with van der Waals surface area (Å²) in [5.41, 5.74) is 7.49. The van der Waals surface area contributed by atoms with Crippen molar-refractivity contribution in [1.29, 1.82) is 0 Å². The van der Waals surface area contributed by atoms with Gasteiger partial charge in [0.1, 0.15) is 0 Å². The maximum atomic E-state index is 7.80. The average Bonchev–Trinajstić information content (AvgIpc) is 2.92. The van der Waals surface area contributed by atoms with E-state index in [4.69, 9.17) is 21.3 Å². The Morgan fingerprint density at radius 1 is 0.686 bits per heavy atom. The molecule has 0 spiro atoms. The van der Waals surface area contributed by atoms with E-state index in [0.717, 1.165) is 47.0 Å². The van der Waals surface area contributed by atoms with Crippen LogP contribution in [0.5, 0.6) is 0 Å². The molecule has 0 saturated heterocycles. The first-order valence-electron chi connectivity index (χ1n) is 12.1. The molecule has 0 atom stereocenters. The summed E-state index contributed by atoms with van der Waals surface area (Å²) in [6.45, 7) is 3.05. The molecule has 0 saturated carbocycles. The second kappa shape index (κ2) is 11.2. The molecular weight excluding hydrogens is 488 g/mol. The fourth-order valence-corrected chi connectivity index (χ4v) is 14.0. The van der Waals surface area contributed by atoms with Gasteiger partial charge >= 0.3 is 215 Å². The van der Waals surface area contributed by atoms with E-state index in [1.807, 2.05) is 72.8 Å². The van der Waals surface area contributed by atoms with Crippen LogP contribution in [0.4, 0.5) is 0 Å². The third kappa shape index (κ3) is 5.46. The number of rotatable bonds is 10. The molecule has 6 heteroatoms. The number of hydrogen-bond acceptors (Lipinski definition) is 2. The van der Waals surface area contributed by atoms with Crippen molar-refractivity contribution < 1.29 is 0 Å². The topological polar surface area (TPSA) is 50.4 Å². The Morgan fingerprint density at radius 2 is 1.09 bits per heavy atom. The summed E-state index contributed by atoms with van der Waals surface area (Å²) in [6.07, 6.45) is -0.631. The van der Waals surface area contributed by atoms with Crippen LogP contribution in [0.1, 0.15) is 26.2 Å². The van der Waals surface area contributed by atoms with Crippen LogP contribution < -0.4 is 31.8 Å². The first-order valence-corrected chi connectivity index (χ1v) is 17.1. The van der Waals surface area contributed by atoms with Gasteiger partial charge in [0.15, 0.2) is 0 Å². The fraction of sp³-hybridized carbons (Fsp3) is 0.172. The molecule has 0 radical (unpaired) electrons. The summed E-state index contributed by atoms with van der Waals surface area (Å²) in [6, 6.07) is 41.0. The van der Waals surface area contributed by atoms with Crippen molar-refractivity contribution in [1.82, 2.24) is 5.09 Å². The summed E-state index contributed by atoms with van der Waals surface area (Å²) >= 11 is 7.80. The molecule has 0 heterocycles. The van der Waals surface area contributed by atoms with Gasteiger partial charge in [-0.25, -0.2) is 0 Å². The SMILES string of the molecule is CCCCCNP(=NP(N)(Cl)(c1ccccc1)c1ccccc1)(c1ccccc1)c1ccccc1. The second-order valence-corrected chi connectivity index (χ2v) is 17.2. The number of nitrogens with one attached hydrogen (secondary N) is 1. The van der Waals surface area contributed by atoms with Gasteiger partial charge < -0.3 is 0 Å². The van der Waals surface area contributed by atoms with Crippen LogP contribution in [0.15, 0.2) is 126 Å². The second-order valence-electron chi connectivity index (χ2n) is 8.71. The fourth-order valence-electron chi connectivity index (χ4n) is 4.31. The molecule has 0 aromatic heterocycles. The molecule has 0 aliphatic carbocycles. The number of nitrogens with zero attached hydrogens (tertiary/aromatic N) is 1. The molecule has 182 valence electrons. The van der Waals surface area contributed by atoms with Crippen molar-refractivity contribution in [2.75, 3.05) is 6.54 Å². The van der Waals surface area contributed by atoms with Crippen LogP contribution in [0.2, 0.25) is 0 Å². The van der Waals surface area contributed by atoms with Crippen LogP contribution in [0.25, 0.3) is 0 Å². The Balaban J connectivity index is 2.10. The molecule has 0 unspecified atom stereocenters. The predicted molar refractivity (Wildman–Crippen MR) is 158 cm³/mol. The third-order valence-electron chi connectivity index (χ3n) is 6.18. The number of unbranched alkanes of at least 4 members (excludes halogenated alkanes) is 2. The molecule has 3 nitrogen and oxygen atoms in total. The van der Waals surface area contributed by atoms with Crippen molar-refractivity contribution in [2.24, 2.45) is 10.0 Å². The standard InChI is InChI=1S/C29H34ClN3P2/c1-2-3-16-25-32-34(26-17-8-4-9-18-26,27-19-10-5-11-20-27)33-35(30,31,28-21-12-6-13-22-28)29-23-14-7-15-24-29/h4-15,17-24,32H,2-3,16,25,31H2,1H3. The zero-order valence-electron chi connectivity index (χ0n) is 20.2. The van der Waals surface area contributed by atoms with Crippen molar-refractivity contribution in [3.05, 3.63) is 121 Å². The summed E-state index contributed by atoms with van der Waals surface area (Å²) in [5.74, 6) is 0. The van der Waals surface area contributed by atoms with Gasteiger partial charge in [0, 0.05) is 0 Å². The van der Waals surface area contributed by atoms with Gasteiger partial charge in [-0.15, -0.1) is 0 Å². The van der Waals surface area contributed by atoms with E-state index in [9.17, 15) is 0 Å². The average molecular weight is 522 g/mol. The van der Waals surface area contributed by atoms with E-state index in [2.05, 4.69) is 60.5 Å². The quantitative estimate of drug-likeness (QED) is 0.181. The van der Waals surface area contributed by atoms with Gasteiger partial charge in [0.2, 0.25) is 0 Å². The van der Waals surface area contributed by atoms with E-state index in [1.54, 1.807) is 0 Å². The first-order chi connectivity index (χ1) is 17.0. The van der Waals surface area contributed by atoms with Gasteiger partial charge in [-0.05, 0) is 0 Å². The Bertz CT molecular complexity index is 1180. The van der Waals surface area contributed by atoms with Gasteiger partial charge in [-0.1, -0.05) is 0 Å². The van der Waals surface area contributed by atoms with E-state index < -0.39 is 13.5 Å². The molecule has 4 aromatic carbocycles. The van der Waals surface area contributed by atoms with Gasteiger partial charge in [-0.2, -0.15) is 0 Å². The Hall–Kier alpha value is -2.25. The zero-order chi connectivity index (χ0) is 24.6. The minimum atomic E-state index is -4.00. The number of benzene rings is 4. The monoisotopic (exact) mass is 521 g/mol. The molecule has 0 aliphatic rings. The maximum absolute atomic E-state index is 7.80. The van der Waals surface area contributed by atoms with Crippen LogP contribution in [0.3, 0.4) is 0 Å². The van der Waals surface area contributed by atoms with Crippen molar-refractivity contribution in [3.8, 4) is 0 Å². The molecule has 0 bridgehead atoms. The van der Waals surface area contributed by atoms with Gasteiger partial charge in [0.05, 0.1) is 0 Å². The summed E-state index contributed by atoms with van der Waals surface area (Å²) < 4.78 is 5.72. The predicted octanol–water partition coefficient (Wildman–Crippen LogP) is 6.68. The van der Waals surface area contributed by atoms with Crippen LogP contribution >= 0.6 is 24.7 Å². The van der Waals surface area contributed by atoms with Gasteiger partial charge in [-0.3, -0.25) is 0 Å². The molecular formula is C29H34ClN3P2. The molecule has 3 N–H and O–H groups in total. The molecule has 4 aromatic rings. The van der Waals surface area contributed by atoms with Crippen LogP contribution in [0, 0.1) is 0 Å². The van der Waals surface area contributed by atoms with E-state index in [0.29, 0.717) is 0 Å². The zero-order valence-corrected chi connectivity index (χ0v) is 22.7. The number of hydrogen-bond donors (Lipinski definition) is 2. The van der Waals surface area contributed by atoms with E-state index in [1.165, 1.54) is 0 Å². The molecule has 0 aliphatic heterocycles. The van der Waals surface area contributed by atoms with Crippen molar-refractivity contribution >= 4 is 45.9 Å². The third-order valence-corrected chi connectivity index (χ3v) is 15.8. The molecule has 35 heavy (non-hydrogen) atoms. The number of halogens is 1. The number of nitrogens with two attached hydrogens (primary N) is 1. The minimum absolute atomic E-state index is 0.835. The van der Waals surface area contributed by atoms with Crippen LogP contribution in [-0.4, -0.2) is 6.54 Å². The van der Waals surface area contributed by atoms with Crippen molar-refractivity contribution in [3.63, 3.8) is 0 Å². The Labute approximate surface area is 214 Å².